The molecule has 0 aliphatic carbocycles. The third-order valence-electron chi connectivity index (χ3n) is 2.43. The van der Waals surface area contributed by atoms with Crippen LogP contribution in [0.1, 0.15) is 32.6 Å². The molecule has 1 atom stereocenters. The molecule has 0 fully saturated rings. The van der Waals surface area contributed by atoms with Gasteiger partial charge in [-0.3, -0.25) is 0 Å². The number of unbranched alkanes of at least 4 members (excludes halogenated alkanes) is 2. The topological polar surface area (TPSA) is 109 Å². The van der Waals surface area contributed by atoms with Gasteiger partial charge in [-0.15, -0.1) is 0 Å². The molecule has 0 bridgehead atoms. The molecule has 18 heavy (non-hydrogen) atoms. The van der Waals surface area contributed by atoms with Crippen molar-refractivity contribution >= 4 is 10.0 Å². The zero-order valence-electron chi connectivity index (χ0n) is 10.3. The van der Waals surface area contributed by atoms with E-state index in [1.807, 2.05) is 6.92 Å². The maximum absolute atomic E-state index is 12.0. The van der Waals surface area contributed by atoms with Gasteiger partial charge in [0.15, 0.2) is 5.25 Å². The molecule has 0 heterocycles. The fourth-order valence-electron chi connectivity index (χ4n) is 1.43. The Hall–Kier alpha value is -1.62. The van der Waals surface area contributed by atoms with Gasteiger partial charge in [-0.25, -0.2) is 8.42 Å². The van der Waals surface area contributed by atoms with Gasteiger partial charge in [0.05, 0.1) is 18.2 Å². The maximum Gasteiger partial charge on any atom is 0.232 e. The molecule has 7 heteroatoms. The van der Waals surface area contributed by atoms with E-state index < -0.39 is 28.4 Å². The Labute approximate surface area is 108 Å². The van der Waals surface area contributed by atoms with E-state index in [9.17, 15) is 8.42 Å². The summed E-state index contributed by atoms with van der Waals surface area (Å²) in [4.78, 5) is 0. The Bertz CT molecular complexity index is 451. The van der Waals surface area contributed by atoms with Crippen molar-refractivity contribution in [1.82, 2.24) is 4.31 Å². The lowest BCUT2D eigenvalue weighted by atomic mass is 10.2. The molecule has 0 saturated carbocycles. The molecule has 0 aromatic rings. The van der Waals surface area contributed by atoms with Crippen molar-refractivity contribution in [2.24, 2.45) is 0 Å². The molecular formula is C11H16N4O2S. The van der Waals surface area contributed by atoms with Crippen LogP contribution in [0.3, 0.4) is 0 Å². The van der Waals surface area contributed by atoms with Crippen molar-refractivity contribution in [2.75, 3.05) is 13.1 Å². The van der Waals surface area contributed by atoms with E-state index >= 15 is 0 Å². The van der Waals surface area contributed by atoms with Crippen molar-refractivity contribution in [3.05, 3.63) is 0 Å². The summed E-state index contributed by atoms with van der Waals surface area (Å²) in [5, 5.41) is 24.8. The molecule has 0 aromatic carbocycles. The summed E-state index contributed by atoms with van der Waals surface area (Å²) < 4.78 is 24.8. The first-order chi connectivity index (χ1) is 8.54. The highest BCUT2D eigenvalue weighted by molar-refractivity contribution is 7.90. The summed E-state index contributed by atoms with van der Waals surface area (Å²) in [7, 11) is -3.89. The monoisotopic (exact) mass is 268 g/mol. The number of hydrogen-bond acceptors (Lipinski definition) is 5. The lowest BCUT2D eigenvalue weighted by molar-refractivity contribution is 0.469. The van der Waals surface area contributed by atoms with Gasteiger partial charge in [-0.05, 0) is 6.42 Å². The predicted molar refractivity (Wildman–Crippen MR) is 65.3 cm³/mol. The first-order valence-electron chi connectivity index (χ1n) is 5.67. The summed E-state index contributed by atoms with van der Waals surface area (Å²) in [6.07, 6.45) is 2.66. The zero-order valence-corrected chi connectivity index (χ0v) is 11.2. The molecule has 98 valence electrons. The number of nitrogens with zero attached hydrogens (tertiary/aromatic N) is 4. The van der Waals surface area contributed by atoms with Crippen LogP contribution in [-0.4, -0.2) is 31.1 Å². The van der Waals surface area contributed by atoms with E-state index in [0.29, 0.717) is 6.42 Å². The molecule has 0 aliphatic heterocycles. The summed E-state index contributed by atoms with van der Waals surface area (Å²) in [5.41, 5.74) is 0. The van der Waals surface area contributed by atoms with Crippen molar-refractivity contribution in [1.29, 1.82) is 15.8 Å². The van der Waals surface area contributed by atoms with E-state index in [-0.39, 0.29) is 6.42 Å². The molecule has 0 rings (SSSR count). The molecule has 1 unspecified atom stereocenters. The molecule has 6 nitrogen and oxygen atoms in total. The molecular weight excluding hydrogens is 252 g/mol. The van der Waals surface area contributed by atoms with E-state index in [0.717, 1.165) is 17.1 Å². The van der Waals surface area contributed by atoms with Crippen LogP contribution in [-0.2, 0) is 10.0 Å². The number of rotatable bonds is 8. The van der Waals surface area contributed by atoms with Crippen LogP contribution < -0.4 is 0 Å². The zero-order chi connectivity index (χ0) is 14.0. The van der Waals surface area contributed by atoms with Gasteiger partial charge < -0.3 is 0 Å². The van der Waals surface area contributed by atoms with Gasteiger partial charge in [-0.1, -0.05) is 26.2 Å². The van der Waals surface area contributed by atoms with Crippen LogP contribution in [0, 0.1) is 34.0 Å². The lowest BCUT2D eigenvalue weighted by Crippen LogP contribution is -2.38. The molecule has 0 amide bonds. The van der Waals surface area contributed by atoms with E-state index in [2.05, 4.69) is 0 Å². The minimum Gasteiger partial charge on any atom is -0.211 e. The normalized spacial score (nSPS) is 12.4. The molecule has 0 aromatic heterocycles. The predicted octanol–water partition coefficient (Wildman–Crippen LogP) is 1.14. The van der Waals surface area contributed by atoms with Crippen LogP contribution >= 0.6 is 0 Å². The van der Waals surface area contributed by atoms with Gasteiger partial charge in [-0.2, -0.15) is 20.1 Å². The molecule has 0 radical (unpaired) electrons. The summed E-state index contributed by atoms with van der Waals surface area (Å²) in [6, 6.07) is 5.13. The Kier molecular flexibility index (Phi) is 7.71. The van der Waals surface area contributed by atoms with Gasteiger partial charge in [0.1, 0.15) is 13.1 Å². The van der Waals surface area contributed by atoms with Crippen LogP contribution in [0.15, 0.2) is 0 Å². The van der Waals surface area contributed by atoms with Crippen molar-refractivity contribution < 1.29 is 8.42 Å². The minimum atomic E-state index is -3.89. The average Bonchev–Trinajstić information content (AvgIpc) is 2.34. The van der Waals surface area contributed by atoms with Crippen LogP contribution in [0.2, 0.25) is 0 Å². The Morgan fingerprint density at radius 2 is 1.67 bits per heavy atom. The Morgan fingerprint density at radius 3 is 2.06 bits per heavy atom. The maximum atomic E-state index is 12.0. The summed E-state index contributed by atoms with van der Waals surface area (Å²) >= 11 is 0. The fourth-order valence-corrected chi connectivity index (χ4v) is 2.87. The fraction of sp³-hybridized carbons (Fsp3) is 0.727. The van der Waals surface area contributed by atoms with E-state index in [4.69, 9.17) is 15.8 Å². The van der Waals surface area contributed by atoms with Gasteiger partial charge in [0, 0.05) is 0 Å². The molecule has 0 spiro atoms. The second-order valence-electron chi connectivity index (χ2n) is 3.74. The van der Waals surface area contributed by atoms with Gasteiger partial charge in [0.2, 0.25) is 10.0 Å². The highest BCUT2D eigenvalue weighted by atomic mass is 32.2. The van der Waals surface area contributed by atoms with Gasteiger partial charge >= 0.3 is 0 Å². The number of hydrogen-bond donors (Lipinski definition) is 0. The highest BCUT2D eigenvalue weighted by Gasteiger charge is 2.31. The van der Waals surface area contributed by atoms with Crippen molar-refractivity contribution in [3.8, 4) is 18.2 Å². The lowest BCUT2D eigenvalue weighted by Gasteiger charge is -2.19. The van der Waals surface area contributed by atoms with E-state index in [1.54, 1.807) is 18.2 Å². The van der Waals surface area contributed by atoms with Gasteiger partial charge in [0.25, 0.3) is 0 Å². The average molecular weight is 268 g/mol. The summed E-state index contributed by atoms with van der Waals surface area (Å²) in [5.74, 6) is 0. The van der Waals surface area contributed by atoms with Crippen LogP contribution in [0.25, 0.3) is 0 Å². The highest BCUT2D eigenvalue weighted by Crippen LogP contribution is 2.15. The SMILES string of the molecule is CCCCCC(C#N)S(=O)(=O)N(CC#N)CC#N. The number of nitriles is 3. The van der Waals surface area contributed by atoms with Crippen LogP contribution in [0.5, 0.6) is 0 Å². The second kappa shape index (κ2) is 8.47. The number of sulfonamides is 1. The Balaban J connectivity index is 4.89. The first-order valence-corrected chi connectivity index (χ1v) is 7.17. The standard InChI is InChI=1S/C11H16N4O2S/c1-2-3-4-5-11(10-14)18(16,17)15(8-6-12)9-7-13/h11H,2-5,8-9H2,1H3. The van der Waals surface area contributed by atoms with Crippen molar-refractivity contribution in [3.63, 3.8) is 0 Å². The first kappa shape index (κ1) is 16.4. The van der Waals surface area contributed by atoms with Crippen LogP contribution in [0.4, 0.5) is 0 Å². The molecule has 0 saturated heterocycles. The smallest absolute Gasteiger partial charge is 0.211 e. The van der Waals surface area contributed by atoms with E-state index in [1.165, 1.54) is 0 Å². The second-order valence-corrected chi connectivity index (χ2v) is 5.86. The summed E-state index contributed by atoms with van der Waals surface area (Å²) in [6.45, 7) is 1.18. The quantitative estimate of drug-likeness (QED) is 0.484. The van der Waals surface area contributed by atoms with Crippen molar-refractivity contribution in [2.45, 2.75) is 37.9 Å². The molecule has 0 N–H and O–H groups in total. The third-order valence-corrected chi connectivity index (χ3v) is 4.47. The third kappa shape index (κ3) is 4.71. The minimum absolute atomic E-state index is 0.236. The molecule has 0 aliphatic rings. The largest absolute Gasteiger partial charge is 0.232 e. The Morgan fingerprint density at radius 1 is 1.11 bits per heavy atom.